The predicted molar refractivity (Wildman–Crippen MR) is 110 cm³/mol. The monoisotopic (exact) mass is 410 g/mol. The summed E-state index contributed by atoms with van der Waals surface area (Å²) in [5, 5.41) is 0.838. The van der Waals surface area contributed by atoms with Gasteiger partial charge in [0.05, 0.1) is 16.1 Å². The Hall–Kier alpha value is -2.11. The van der Waals surface area contributed by atoms with Crippen molar-refractivity contribution in [3.63, 3.8) is 0 Å². The molecule has 0 radical (unpaired) electrons. The molecule has 7 heteroatoms. The number of nitrogens with zero attached hydrogens (tertiary/aromatic N) is 1. The average molecular weight is 411 g/mol. The van der Waals surface area contributed by atoms with Crippen LogP contribution in [0, 0.1) is 0 Å². The van der Waals surface area contributed by atoms with Crippen molar-refractivity contribution < 1.29 is 14.3 Å². The highest BCUT2D eigenvalue weighted by atomic mass is 35.5. The standard InChI is InChI=1S/C20H24Cl2N2O3/c1-12(24(5)19(25)27-20(2,3)4)15-10-13(23)6-9-18(15)26-14-7-8-16(21)17(22)11-14/h6-12H,23H2,1-5H3. The maximum absolute atomic E-state index is 12.4. The summed E-state index contributed by atoms with van der Waals surface area (Å²) in [6, 6.07) is 9.94. The van der Waals surface area contributed by atoms with Crippen molar-refractivity contribution in [1.29, 1.82) is 0 Å². The van der Waals surface area contributed by atoms with Crippen LogP contribution in [-0.4, -0.2) is 23.6 Å². The van der Waals surface area contributed by atoms with Gasteiger partial charge in [0.1, 0.15) is 17.1 Å². The molecule has 0 saturated carbocycles. The average Bonchev–Trinajstić information content (AvgIpc) is 2.57. The third kappa shape index (κ3) is 5.68. The van der Waals surface area contributed by atoms with E-state index in [1.54, 1.807) is 43.4 Å². The van der Waals surface area contributed by atoms with Crippen LogP contribution in [0.3, 0.4) is 0 Å². The second kappa shape index (κ2) is 8.28. The van der Waals surface area contributed by atoms with Crippen LogP contribution in [0.15, 0.2) is 36.4 Å². The Labute approximate surface area is 170 Å². The first kappa shape index (κ1) is 21.2. The summed E-state index contributed by atoms with van der Waals surface area (Å²) in [6.45, 7) is 7.34. The van der Waals surface area contributed by atoms with Crippen molar-refractivity contribution in [2.75, 3.05) is 12.8 Å². The normalized spacial score (nSPS) is 12.4. The Kier molecular flexibility index (Phi) is 6.50. The molecule has 0 aliphatic rings. The second-order valence-electron chi connectivity index (χ2n) is 7.24. The number of anilines is 1. The SMILES string of the molecule is CC(c1cc(N)ccc1Oc1ccc(Cl)c(Cl)c1)N(C)C(=O)OC(C)(C)C. The summed E-state index contributed by atoms with van der Waals surface area (Å²) in [7, 11) is 1.67. The number of hydrogen-bond donors (Lipinski definition) is 1. The van der Waals surface area contributed by atoms with Crippen molar-refractivity contribution >= 4 is 35.0 Å². The fourth-order valence-electron chi connectivity index (χ4n) is 2.35. The molecule has 0 aliphatic carbocycles. The van der Waals surface area contributed by atoms with Gasteiger partial charge in [0.2, 0.25) is 0 Å². The zero-order valence-corrected chi connectivity index (χ0v) is 17.6. The first-order valence-electron chi connectivity index (χ1n) is 8.46. The number of carbonyl (C=O) groups excluding carboxylic acids is 1. The van der Waals surface area contributed by atoms with E-state index >= 15 is 0 Å². The zero-order valence-electron chi connectivity index (χ0n) is 16.0. The van der Waals surface area contributed by atoms with Crippen LogP contribution in [0.25, 0.3) is 0 Å². The van der Waals surface area contributed by atoms with E-state index in [0.717, 1.165) is 5.56 Å². The number of nitrogens with two attached hydrogens (primary N) is 1. The Morgan fingerprint density at radius 2 is 1.78 bits per heavy atom. The van der Waals surface area contributed by atoms with Gasteiger partial charge in [-0.2, -0.15) is 0 Å². The van der Waals surface area contributed by atoms with Crippen molar-refractivity contribution in [1.82, 2.24) is 4.90 Å². The van der Waals surface area contributed by atoms with Crippen LogP contribution in [0.1, 0.15) is 39.3 Å². The maximum Gasteiger partial charge on any atom is 0.410 e. The molecule has 1 amide bonds. The molecule has 2 N–H and O–H groups in total. The molecular weight excluding hydrogens is 387 g/mol. The highest BCUT2D eigenvalue weighted by molar-refractivity contribution is 6.42. The summed E-state index contributed by atoms with van der Waals surface area (Å²) >= 11 is 12.0. The van der Waals surface area contributed by atoms with E-state index in [1.807, 2.05) is 27.7 Å². The van der Waals surface area contributed by atoms with Crippen molar-refractivity contribution in [2.45, 2.75) is 39.3 Å². The molecule has 2 aromatic rings. The molecule has 0 heterocycles. The van der Waals surface area contributed by atoms with E-state index in [2.05, 4.69) is 0 Å². The van der Waals surface area contributed by atoms with Crippen molar-refractivity contribution in [3.8, 4) is 11.5 Å². The number of ether oxygens (including phenoxy) is 2. The maximum atomic E-state index is 12.4. The van der Waals surface area contributed by atoms with Gasteiger partial charge < -0.3 is 20.1 Å². The fourth-order valence-corrected chi connectivity index (χ4v) is 2.64. The molecule has 1 unspecified atom stereocenters. The van der Waals surface area contributed by atoms with E-state index in [0.29, 0.717) is 27.2 Å². The summed E-state index contributed by atoms with van der Waals surface area (Å²) in [6.07, 6.45) is -0.432. The summed E-state index contributed by atoms with van der Waals surface area (Å²) < 4.78 is 11.4. The number of amides is 1. The summed E-state index contributed by atoms with van der Waals surface area (Å²) in [4.78, 5) is 13.9. The number of carbonyl (C=O) groups is 1. The lowest BCUT2D eigenvalue weighted by molar-refractivity contribution is 0.0233. The van der Waals surface area contributed by atoms with Gasteiger partial charge in [-0.3, -0.25) is 0 Å². The molecule has 2 rings (SSSR count). The van der Waals surface area contributed by atoms with Crippen molar-refractivity contribution in [3.05, 3.63) is 52.0 Å². The van der Waals surface area contributed by atoms with Crippen LogP contribution in [0.2, 0.25) is 10.0 Å². The van der Waals surface area contributed by atoms with E-state index in [4.69, 9.17) is 38.4 Å². The fraction of sp³-hybridized carbons (Fsp3) is 0.350. The number of benzene rings is 2. The molecule has 5 nitrogen and oxygen atoms in total. The molecule has 0 spiro atoms. The van der Waals surface area contributed by atoms with Gasteiger partial charge in [0, 0.05) is 24.4 Å². The number of rotatable bonds is 4. The first-order valence-corrected chi connectivity index (χ1v) is 9.21. The van der Waals surface area contributed by atoms with Crippen molar-refractivity contribution in [2.24, 2.45) is 0 Å². The van der Waals surface area contributed by atoms with Gasteiger partial charge in [-0.25, -0.2) is 4.79 Å². The second-order valence-corrected chi connectivity index (χ2v) is 8.06. The first-order chi connectivity index (χ1) is 12.5. The molecule has 146 valence electrons. The summed E-state index contributed by atoms with van der Waals surface area (Å²) in [5.41, 5.74) is 6.68. The van der Waals surface area contributed by atoms with Gasteiger partial charge in [-0.1, -0.05) is 23.2 Å². The lowest BCUT2D eigenvalue weighted by atomic mass is 10.1. The molecule has 27 heavy (non-hydrogen) atoms. The molecule has 1 atom stereocenters. The molecule has 0 aromatic heterocycles. The van der Waals surface area contributed by atoms with Crippen LogP contribution < -0.4 is 10.5 Å². The van der Waals surface area contributed by atoms with Gasteiger partial charge in [-0.15, -0.1) is 0 Å². The zero-order chi connectivity index (χ0) is 20.4. The van der Waals surface area contributed by atoms with Gasteiger partial charge in [-0.05, 0) is 58.0 Å². The Bertz CT molecular complexity index is 834. The third-order valence-electron chi connectivity index (χ3n) is 3.87. The topological polar surface area (TPSA) is 64.8 Å². The number of hydrogen-bond acceptors (Lipinski definition) is 4. The number of nitrogen functional groups attached to an aromatic ring is 1. The van der Waals surface area contributed by atoms with Crippen LogP contribution >= 0.6 is 23.2 Å². The molecule has 0 aliphatic heterocycles. The molecular formula is C20H24Cl2N2O3. The Morgan fingerprint density at radius 1 is 1.11 bits per heavy atom. The minimum absolute atomic E-state index is 0.332. The highest BCUT2D eigenvalue weighted by Gasteiger charge is 2.26. The lowest BCUT2D eigenvalue weighted by Crippen LogP contribution is -2.35. The quantitative estimate of drug-likeness (QED) is 0.600. The van der Waals surface area contributed by atoms with Gasteiger partial charge in [0.15, 0.2) is 0 Å². The predicted octanol–water partition coefficient (Wildman–Crippen LogP) is 6.30. The largest absolute Gasteiger partial charge is 0.457 e. The third-order valence-corrected chi connectivity index (χ3v) is 4.60. The van der Waals surface area contributed by atoms with E-state index < -0.39 is 11.7 Å². The van der Waals surface area contributed by atoms with Gasteiger partial charge >= 0.3 is 6.09 Å². The van der Waals surface area contributed by atoms with E-state index in [1.165, 1.54) is 4.90 Å². The highest BCUT2D eigenvalue weighted by Crippen LogP contribution is 2.36. The van der Waals surface area contributed by atoms with Gasteiger partial charge in [0.25, 0.3) is 0 Å². The van der Waals surface area contributed by atoms with Crippen LogP contribution in [-0.2, 0) is 4.74 Å². The minimum atomic E-state index is -0.583. The summed E-state index contributed by atoms with van der Waals surface area (Å²) in [5.74, 6) is 1.09. The van der Waals surface area contributed by atoms with E-state index in [9.17, 15) is 4.79 Å². The molecule has 2 aromatic carbocycles. The van der Waals surface area contributed by atoms with E-state index in [-0.39, 0.29) is 6.04 Å². The smallest absolute Gasteiger partial charge is 0.410 e. The molecule has 0 bridgehead atoms. The van der Waals surface area contributed by atoms with Crippen LogP contribution in [0.4, 0.5) is 10.5 Å². The lowest BCUT2D eigenvalue weighted by Gasteiger charge is -2.29. The Balaban J connectivity index is 2.31. The molecule has 0 fully saturated rings. The minimum Gasteiger partial charge on any atom is -0.457 e. The molecule has 0 saturated heterocycles. The number of halogens is 2. The Morgan fingerprint density at radius 3 is 2.37 bits per heavy atom. The van der Waals surface area contributed by atoms with Crippen LogP contribution in [0.5, 0.6) is 11.5 Å².